The highest BCUT2D eigenvalue weighted by molar-refractivity contribution is 5.76. The van der Waals surface area contributed by atoms with Gasteiger partial charge in [0, 0.05) is 55.7 Å². The lowest BCUT2D eigenvalue weighted by molar-refractivity contribution is 0.00559. The van der Waals surface area contributed by atoms with Gasteiger partial charge in [0.05, 0.1) is 12.7 Å². The number of methoxy groups -OCH3 is 1. The number of benzene rings is 1. The molecule has 0 unspecified atom stereocenters. The first-order chi connectivity index (χ1) is 19.7. The number of hydrogen-bond acceptors (Lipinski definition) is 9. The number of aromatic nitrogens is 4. The number of nitrogens with zero attached hydrogens (tertiary/aromatic N) is 6. The fourth-order valence-corrected chi connectivity index (χ4v) is 6.26. The van der Waals surface area contributed by atoms with Crippen LogP contribution in [0.2, 0.25) is 0 Å². The molecule has 0 radical (unpaired) electrons. The summed E-state index contributed by atoms with van der Waals surface area (Å²) in [7, 11) is 3.48. The second-order valence-electron chi connectivity index (χ2n) is 12.0. The molecule has 0 aliphatic carbocycles. The molecule has 2 aromatic heterocycles. The summed E-state index contributed by atoms with van der Waals surface area (Å²) in [6.45, 7) is 7.15. The fraction of sp³-hybridized carbons (Fsp3) is 0.533. The lowest BCUT2D eigenvalue weighted by Crippen LogP contribution is -2.55. The van der Waals surface area contributed by atoms with Crippen LogP contribution in [0.5, 0.6) is 11.5 Å². The summed E-state index contributed by atoms with van der Waals surface area (Å²) in [5, 5.41) is 13.6. The Kier molecular flexibility index (Phi) is 7.23. The Morgan fingerprint density at radius 3 is 2.54 bits per heavy atom. The monoisotopic (exact) mass is 562 g/mol. The van der Waals surface area contributed by atoms with Crippen LogP contribution in [-0.4, -0.2) is 81.8 Å². The van der Waals surface area contributed by atoms with Crippen molar-refractivity contribution >= 4 is 11.9 Å². The van der Waals surface area contributed by atoms with Crippen molar-refractivity contribution in [2.24, 2.45) is 7.05 Å². The second-order valence-corrected chi connectivity index (χ2v) is 12.0. The zero-order chi connectivity index (χ0) is 28.7. The Balaban J connectivity index is 1.24. The van der Waals surface area contributed by atoms with Crippen molar-refractivity contribution in [1.29, 1.82) is 0 Å². The van der Waals surface area contributed by atoms with Crippen LogP contribution in [0.3, 0.4) is 0 Å². The van der Waals surface area contributed by atoms with E-state index in [-0.39, 0.29) is 31.0 Å². The Morgan fingerprint density at radius 2 is 1.85 bits per heavy atom. The van der Waals surface area contributed by atoms with Gasteiger partial charge in [0.15, 0.2) is 18.4 Å². The van der Waals surface area contributed by atoms with E-state index in [2.05, 4.69) is 20.2 Å². The first-order valence-electron chi connectivity index (χ1n) is 14.2. The molecule has 41 heavy (non-hydrogen) atoms. The molecule has 1 amide bonds. The molecule has 218 valence electrons. The number of fused-ring (bicyclic) bond motifs is 3. The molecular formula is C30H38N6O5. The van der Waals surface area contributed by atoms with E-state index in [0.717, 1.165) is 54.7 Å². The van der Waals surface area contributed by atoms with E-state index in [0.29, 0.717) is 23.8 Å². The number of rotatable bonds is 6. The normalized spacial score (nSPS) is 21.8. The van der Waals surface area contributed by atoms with Crippen molar-refractivity contribution in [3.05, 3.63) is 36.7 Å². The molecule has 6 rings (SSSR count). The van der Waals surface area contributed by atoms with Gasteiger partial charge >= 0.3 is 6.09 Å². The first kappa shape index (κ1) is 27.3. The summed E-state index contributed by atoms with van der Waals surface area (Å²) in [6, 6.07) is 8.51. The van der Waals surface area contributed by atoms with Crippen molar-refractivity contribution in [3.63, 3.8) is 0 Å². The molecule has 0 saturated carbocycles. The van der Waals surface area contributed by atoms with Crippen LogP contribution < -0.4 is 14.4 Å². The summed E-state index contributed by atoms with van der Waals surface area (Å²) in [5.41, 5.74) is 2.93. The number of hydrogen-bond donors (Lipinski definition) is 0. The average molecular weight is 563 g/mol. The van der Waals surface area contributed by atoms with Crippen LogP contribution in [0.4, 0.5) is 10.6 Å². The van der Waals surface area contributed by atoms with Crippen LogP contribution >= 0.6 is 0 Å². The smallest absolute Gasteiger partial charge is 0.410 e. The maximum Gasteiger partial charge on any atom is 0.410 e. The number of ether oxygens (including phenoxy) is 4. The van der Waals surface area contributed by atoms with Gasteiger partial charge in [0.1, 0.15) is 23.7 Å². The van der Waals surface area contributed by atoms with Gasteiger partial charge in [0.25, 0.3) is 0 Å². The topological polar surface area (TPSA) is 104 Å². The lowest BCUT2D eigenvalue weighted by Gasteiger charge is -2.44. The molecule has 11 nitrogen and oxygen atoms in total. The van der Waals surface area contributed by atoms with E-state index in [1.54, 1.807) is 11.8 Å². The Hall–Kier alpha value is -3.86. The van der Waals surface area contributed by atoms with Crippen molar-refractivity contribution < 1.29 is 23.7 Å². The third-order valence-corrected chi connectivity index (χ3v) is 7.98. The van der Waals surface area contributed by atoms with Crippen molar-refractivity contribution in [2.45, 2.75) is 70.2 Å². The zero-order valence-electron chi connectivity index (χ0n) is 24.4. The molecule has 2 bridgehead atoms. The Labute approximate surface area is 240 Å². The molecule has 11 heteroatoms. The third-order valence-electron chi connectivity index (χ3n) is 7.98. The SMILES string of the molecule is COCOc1cc(-c2cnn(C)c2)ccc1-c1cc2c(nn1)N([C@@H]1C[C@H]3CC[C@@H](C1)N3C(=O)OC(C)(C)C)CCO2. The van der Waals surface area contributed by atoms with Gasteiger partial charge in [-0.2, -0.15) is 5.10 Å². The highest BCUT2D eigenvalue weighted by Crippen LogP contribution is 2.43. The van der Waals surface area contributed by atoms with E-state index in [1.807, 2.05) is 69.4 Å². The fourth-order valence-electron chi connectivity index (χ4n) is 6.26. The van der Waals surface area contributed by atoms with Crippen LogP contribution in [0.1, 0.15) is 46.5 Å². The van der Waals surface area contributed by atoms with E-state index in [9.17, 15) is 4.79 Å². The Bertz CT molecular complexity index is 1400. The van der Waals surface area contributed by atoms with Gasteiger partial charge in [-0.15, -0.1) is 10.2 Å². The second kappa shape index (κ2) is 10.8. The zero-order valence-corrected chi connectivity index (χ0v) is 24.4. The highest BCUT2D eigenvalue weighted by atomic mass is 16.7. The maximum atomic E-state index is 12.9. The van der Waals surface area contributed by atoms with Crippen LogP contribution in [0, 0.1) is 0 Å². The minimum Gasteiger partial charge on any atom is -0.488 e. The van der Waals surface area contributed by atoms with Gasteiger partial charge in [-0.1, -0.05) is 6.07 Å². The minimum absolute atomic E-state index is 0.108. The molecule has 1 aromatic carbocycles. The molecule has 3 aliphatic heterocycles. The quantitative estimate of drug-likeness (QED) is 0.397. The summed E-state index contributed by atoms with van der Waals surface area (Å²) in [6.07, 6.45) is 7.34. The summed E-state index contributed by atoms with van der Waals surface area (Å²) in [5.74, 6) is 2.10. The molecule has 0 spiro atoms. The van der Waals surface area contributed by atoms with Crippen LogP contribution in [0.15, 0.2) is 36.7 Å². The standard InChI is InChI=1S/C30H38N6O5/c1-30(2,3)41-29(37)36-21-7-8-22(36)14-23(13-21)35-10-11-39-27-15-25(32-33-28(27)35)24-9-6-19(12-26(24)40-18-38-5)20-16-31-34(4)17-20/h6,9,12,15-17,21-23H,7-8,10-11,13-14,18H2,1-5H3/t21-,22+,23-. The third kappa shape index (κ3) is 5.55. The molecule has 3 aromatic rings. The van der Waals surface area contributed by atoms with E-state index >= 15 is 0 Å². The highest BCUT2D eigenvalue weighted by Gasteiger charge is 2.47. The molecule has 5 heterocycles. The van der Waals surface area contributed by atoms with E-state index in [4.69, 9.17) is 18.9 Å². The molecular weight excluding hydrogens is 524 g/mol. The number of carbonyl (C=O) groups excluding carboxylic acids is 1. The number of anilines is 1. The summed E-state index contributed by atoms with van der Waals surface area (Å²) in [4.78, 5) is 17.3. The number of amides is 1. The van der Waals surface area contributed by atoms with Gasteiger partial charge < -0.3 is 28.7 Å². The van der Waals surface area contributed by atoms with Crippen LogP contribution in [-0.2, 0) is 16.5 Å². The van der Waals surface area contributed by atoms with Gasteiger partial charge in [-0.25, -0.2) is 4.79 Å². The predicted molar refractivity (Wildman–Crippen MR) is 153 cm³/mol. The average Bonchev–Trinajstić information content (AvgIpc) is 3.50. The number of piperidine rings is 1. The van der Waals surface area contributed by atoms with Gasteiger partial charge in [-0.05, 0) is 64.2 Å². The van der Waals surface area contributed by atoms with Gasteiger partial charge in [0.2, 0.25) is 0 Å². The predicted octanol–water partition coefficient (Wildman–Crippen LogP) is 4.66. The summed E-state index contributed by atoms with van der Waals surface area (Å²) < 4.78 is 24.7. The van der Waals surface area contributed by atoms with Crippen molar-refractivity contribution in [2.75, 3.05) is 32.0 Å². The van der Waals surface area contributed by atoms with Crippen molar-refractivity contribution in [1.82, 2.24) is 24.9 Å². The molecule has 2 saturated heterocycles. The molecule has 0 N–H and O–H groups in total. The minimum atomic E-state index is -0.503. The first-order valence-corrected chi connectivity index (χ1v) is 14.2. The maximum absolute atomic E-state index is 12.9. The lowest BCUT2D eigenvalue weighted by atomic mass is 9.95. The Morgan fingerprint density at radius 1 is 1.07 bits per heavy atom. The largest absolute Gasteiger partial charge is 0.488 e. The van der Waals surface area contributed by atoms with E-state index in [1.165, 1.54) is 0 Å². The number of aryl methyl sites for hydroxylation is 1. The molecule has 3 atom stereocenters. The molecule has 2 fully saturated rings. The number of carbonyl (C=O) groups is 1. The van der Waals surface area contributed by atoms with Gasteiger partial charge in [-0.3, -0.25) is 4.68 Å². The van der Waals surface area contributed by atoms with E-state index < -0.39 is 5.60 Å². The summed E-state index contributed by atoms with van der Waals surface area (Å²) >= 11 is 0. The van der Waals surface area contributed by atoms with Crippen molar-refractivity contribution in [3.8, 4) is 33.9 Å². The van der Waals surface area contributed by atoms with Crippen LogP contribution in [0.25, 0.3) is 22.4 Å². The molecule has 3 aliphatic rings.